The van der Waals surface area contributed by atoms with Crippen LogP contribution in [0.2, 0.25) is 0 Å². The van der Waals surface area contributed by atoms with Gasteiger partial charge in [0.05, 0.1) is 5.69 Å². The predicted molar refractivity (Wildman–Crippen MR) is 118 cm³/mol. The van der Waals surface area contributed by atoms with E-state index in [1.54, 1.807) is 10.7 Å². The van der Waals surface area contributed by atoms with Crippen LogP contribution in [0.4, 0.5) is 10.1 Å². The average molecular weight is 465 g/mol. The molecule has 0 atom stereocenters. The highest BCUT2D eigenvalue weighted by molar-refractivity contribution is 9.10. The summed E-state index contributed by atoms with van der Waals surface area (Å²) in [5, 5.41) is 7.10. The highest BCUT2D eigenvalue weighted by Crippen LogP contribution is 2.24. The molecule has 150 valence electrons. The number of halogens is 2. The lowest BCUT2D eigenvalue weighted by atomic mass is 10.1. The monoisotopic (exact) mass is 464 g/mol. The summed E-state index contributed by atoms with van der Waals surface area (Å²) in [5.41, 5.74) is 4.22. The van der Waals surface area contributed by atoms with E-state index < -0.39 is 11.7 Å². The van der Waals surface area contributed by atoms with Crippen LogP contribution in [0.3, 0.4) is 0 Å². The maximum absolute atomic E-state index is 13.4. The van der Waals surface area contributed by atoms with E-state index in [0.717, 1.165) is 26.9 Å². The van der Waals surface area contributed by atoms with Crippen molar-refractivity contribution in [2.24, 2.45) is 0 Å². The second kappa shape index (κ2) is 8.20. The molecule has 1 aromatic heterocycles. The fourth-order valence-electron chi connectivity index (χ4n) is 2.98. The summed E-state index contributed by atoms with van der Waals surface area (Å²) < 4.78 is 16.0. The summed E-state index contributed by atoms with van der Waals surface area (Å²) >= 11 is 3.43. The van der Waals surface area contributed by atoms with Gasteiger partial charge in [-0.25, -0.2) is 14.1 Å². The molecule has 0 radical (unpaired) electrons. The van der Waals surface area contributed by atoms with Crippen LogP contribution in [-0.2, 0) is 0 Å². The first-order valence-electron chi connectivity index (χ1n) is 9.28. The smallest absolute Gasteiger partial charge is 0.295 e. The largest absolute Gasteiger partial charge is 0.319 e. The number of rotatable bonds is 4. The number of carbonyl (C=O) groups is 1. The van der Waals surface area contributed by atoms with Crippen molar-refractivity contribution >= 4 is 27.5 Å². The molecular formula is C23H18BrFN4O. The highest BCUT2D eigenvalue weighted by atomic mass is 79.9. The van der Waals surface area contributed by atoms with Crippen molar-refractivity contribution in [1.29, 1.82) is 0 Å². The molecule has 0 saturated heterocycles. The van der Waals surface area contributed by atoms with Crippen molar-refractivity contribution in [3.8, 4) is 17.1 Å². The normalized spacial score (nSPS) is 10.8. The first kappa shape index (κ1) is 20.0. The van der Waals surface area contributed by atoms with E-state index in [-0.39, 0.29) is 5.82 Å². The molecule has 3 aromatic carbocycles. The number of aromatic nitrogens is 3. The fraction of sp³-hybridized carbons (Fsp3) is 0.0870. The minimum atomic E-state index is -0.512. The summed E-state index contributed by atoms with van der Waals surface area (Å²) in [7, 11) is 0. The third-order valence-electron chi connectivity index (χ3n) is 4.73. The molecule has 1 amide bonds. The van der Waals surface area contributed by atoms with Crippen molar-refractivity contribution in [2.75, 3.05) is 5.32 Å². The lowest BCUT2D eigenvalue weighted by Gasteiger charge is -2.08. The summed E-state index contributed by atoms with van der Waals surface area (Å²) in [6.45, 7) is 4.06. The molecule has 0 aliphatic carbocycles. The number of aryl methyl sites for hydroxylation is 2. The maximum atomic E-state index is 13.4. The van der Waals surface area contributed by atoms with Crippen LogP contribution >= 0.6 is 15.9 Å². The third-order valence-corrected chi connectivity index (χ3v) is 5.26. The van der Waals surface area contributed by atoms with Crippen molar-refractivity contribution in [1.82, 2.24) is 14.8 Å². The molecule has 0 spiro atoms. The van der Waals surface area contributed by atoms with Gasteiger partial charge in [0.1, 0.15) is 5.82 Å². The number of hydrogen-bond donors (Lipinski definition) is 1. The van der Waals surface area contributed by atoms with E-state index in [1.807, 2.05) is 56.3 Å². The van der Waals surface area contributed by atoms with Gasteiger partial charge in [0.15, 0.2) is 5.82 Å². The quantitative estimate of drug-likeness (QED) is 0.420. The second-order valence-electron chi connectivity index (χ2n) is 6.91. The van der Waals surface area contributed by atoms with Crippen LogP contribution in [0, 0.1) is 19.7 Å². The Morgan fingerprint density at radius 3 is 2.47 bits per heavy atom. The standard InChI is InChI=1S/C23H18BrFN4O/c1-14-6-11-20(12-15(14)2)29-22(16-7-9-17(24)10-8-16)27-21(28-29)23(30)26-19-5-3-4-18(25)13-19/h3-13H,1-2H3,(H,26,30). The van der Waals surface area contributed by atoms with Crippen LogP contribution in [0.25, 0.3) is 17.1 Å². The van der Waals surface area contributed by atoms with Gasteiger partial charge in [0, 0.05) is 15.7 Å². The summed E-state index contributed by atoms with van der Waals surface area (Å²) in [6.07, 6.45) is 0. The number of nitrogens with one attached hydrogen (secondary N) is 1. The molecule has 0 aliphatic heterocycles. The molecule has 1 N–H and O–H groups in total. The summed E-state index contributed by atoms with van der Waals surface area (Å²) in [4.78, 5) is 17.2. The van der Waals surface area contributed by atoms with Crippen LogP contribution in [-0.4, -0.2) is 20.7 Å². The van der Waals surface area contributed by atoms with Crippen LogP contribution in [0.5, 0.6) is 0 Å². The molecule has 4 aromatic rings. The summed E-state index contributed by atoms with van der Waals surface area (Å²) in [6, 6.07) is 19.2. The predicted octanol–water partition coefficient (Wildman–Crippen LogP) is 5.71. The molecule has 0 saturated carbocycles. The minimum absolute atomic E-state index is 0.00425. The Labute approximate surface area is 181 Å². The van der Waals surface area contributed by atoms with Gasteiger partial charge in [-0.1, -0.05) is 40.2 Å². The lowest BCUT2D eigenvalue weighted by Crippen LogP contribution is -2.14. The van der Waals surface area contributed by atoms with Gasteiger partial charge in [-0.2, -0.15) is 0 Å². The first-order chi connectivity index (χ1) is 14.4. The average Bonchev–Trinajstić information content (AvgIpc) is 3.16. The lowest BCUT2D eigenvalue weighted by molar-refractivity contribution is 0.101. The topological polar surface area (TPSA) is 59.8 Å². The second-order valence-corrected chi connectivity index (χ2v) is 7.83. The number of benzene rings is 3. The molecule has 0 bridgehead atoms. The number of hydrogen-bond acceptors (Lipinski definition) is 3. The van der Waals surface area contributed by atoms with Crippen molar-refractivity contribution in [3.05, 3.63) is 94.0 Å². The molecule has 30 heavy (non-hydrogen) atoms. The SMILES string of the molecule is Cc1ccc(-n2nc(C(=O)Nc3cccc(F)c3)nc2-c2ccc(Br)cc2)cc1C. The van der Waals surface area contributed by atoms with Gasteiger partial charge >= 0.3 is 0 Å². The Morgan fingerprint density at radius 1 is 1.00 bits per heavy atom. The Morgan fingerprint density at radius 2 is 1.77 bits per heavy atom. The molecule has 7 heteroatoms. The van der Waals surface area contributed by atoms with Crippen LogP contribution in [0.1, 0.15) is 21.7 Å². The van der Waals surface area contributed by atoms with E-state index in [1.165, 1.54) is 18.2 Å². The number of nitrogens with zero attached hydrogens (tertiary/aromatic N) is 3. The Balaban J connectivity index is 1.77. The van der Waals surface area contributed by atoms with Gasteiger partial charge in [-0.15, -0.1) is 5.10 Å². The molecule has 1 heterocycles. The molecule has 5 nitrogen and oxygen atoms in total. The van der Waals surface area contributed by atoms with E-state index in [9.17, 15) is 9.18 Å². The van der Waals surface area contributed by atoms with Crippen molar-refractivity contribution < 1.29 is 9.18 Å². The highest BCUT2D eigenvalue weighted by Gasteiger charge is 2.19. The molecular weight excluding hydrogens is 447 g/mol. The first-order valence-corrected chi connectivity index (χ1v) is 10.1. The van der Waals surface area contributed by atoms with Crippen molar-refractivity contribution in [3.63, 3.8) is 0 Å². The Bertz CT molecular complexity index is 1230. The van der Waals surface area contributed by atoms with Gasteiger partial charge in [0.2, 0.25) is 5.82 Å². The van der Waals surface area contributed by atoms with E-state index in [2.05, 4.69) is 31.3 Å². The van der Waals surface area contributed by atoms with Gasteiger partial charge in [-0.3, -0.25) is 4.79 Å². The van der Waals surface area contributed by atoms with Crippen LogP contribution in [0.15, 0.2) is 71.2 Å². The number of carbonyl (C=O) groups excluding carboxylic acids is 1. The minimum Gasteiger partial charge on any atom is -0.319 e. The molecule has 4 rings (SSSR count). The Hall–Kier alpha value is -3.32. The van der Waals surface area contributed by atoms with Gasteiger partial charge in [-0.05, 0) is 67.4 Å². The Kier molecular flexibility index (Phi) is 5.46. The van der Waals surface area contributed by atoms with Crippen molar-refractivity contribution in [2.45, 2.75) is 13.8 Å². The fourth-order valence-corrected chi connectivity index (χ4v) is 3.25. The van der Waals surface area contributed by atoms with Gasteiger partial charge in [0.25, 0.3) is 5.91 Å². The number of amides is 1. The maximum Gasteiger partial charge on any atom is 0.295 e. The van der Waals surface area contributed by atoms with E-state index >= 15 is 0 Å². The van der Waals surface area contributed by atoms with Gasteiger partial charge < -0.3 is 5.32 Å². The third kappa shape index (κ3) is 4.16. The number of anilines is 1. The zero-order valence-corrected chi connectivity index (χ0v) is 17.9. The van der Waals surface area contributed by atoms with E-state index in [4.69, 9.17) is 0 Å². The summed E-state index contributed by atoms with van der Waals surface area (Å²) in [5.74, 6) is -0.413. The van der Waals surface area contributed by atoms with Crippen LogP contribution < -0.4 is 5.32 Å². The zero-order valence-electron chi connectivity index (χ0n) is 16.4. The molecule has 0 unspecified atom stereocenters. The molecule has 0 fully saturated rings. The van der Waals surface area contributed by atoms with E-state index in [0.29, 0.717) is 11.5 Å². The molecule has 0 aliphatic rings. The zero-order chi connectivity index (χ0) is 21.3.